The van der Waals surface area contributed by atoms with Crippen molar-refractivity contribution in [2.45, 2.75) is 77.5 Å². The topological polar surface area (TPSA) is 52.0 Å². The lowest BCUT2D eigenvalue weighted by Gasteiger charge is -2.41. The fraction of sp³-hybridized carbons (Fsp3) is 0.875. The van der Waals surface area contributed by atoms with Crippen LogP contribution in [-0.4, -0.2) is 39.6 Å². The highest BCUT2D eigenvalue weighted by Gasteiger charge is 2.37. The van der Waals surface area contributed by atoms with Crippen molar-refractivity contribution >= 4 is 0 Å². The standard InChI is InChI=1S/C16H30N4O/c1-5-9-17-14(16(4)8-6-7-10-21-16)11-15-18-12-19-20(15)13(2)3/h12-14,17H,5-11H2,1-4H3. The largest absolute Gasteiger partial charge is 0.374 e. The van der Waals surface area contributed by atoms with E-state index in [1.807, 2.05) is 4.68 Å². The Labute approximate surface area is 128 Å². The van der Waals surface area contributed by atoms with Crippen molar-refractivity contribution in [2.75, 3.05) is 13.2 Å². The Morgan fingerprint density at radius 3 is 2.86 bits per heavy atom. The van der Waals surface area contributed by atoms with E-state index in [-0.39, 0.29) is 5.60 Å². The average molecular weight is 294 g/mol. The van der Waals surface area contributed by atoms with E-state index >= 15 is 0 Å². The SMILES string of the molecule is CCCNC(Cc1ncnn1C(C)C)C1(C)CCCCO1. The van der Waals surface area contributed by atoms with Crippen LogP contribution < -0.4 is 5.32 Å². The van der Waals surface area contributed by atoms with E-state index in [0.29, 0.717) is 12.1 Å². The van der Waals surface area contributed by atoms with E-state index in [0.717, 1.165) is 38.2 Å². The first-order chi connectivity index (χ1) is 10.1. The molecule has 0 amide bonds. The molecule has 2 unspecified atom stereocenters. The molecule has 2 atom stereocenters. The van der Waals surface area contributed by atoms with Gasteiger partial charge in [-0.2, -0.15) is 5.10 Å². The third-order valence-corrected chi connectivity index (χ3v) is 4.40. The van der Waals surface area contributed by atoms with Crippen molar-refractivity contribution in [2.24, 2.45) is 0 Å². The normalized spacial score (nSPS) is 24.4. The van der Waals surface area contributed by atoms with Crippen LogP contribution >= 0.6 is 0 Å². The van der Waals surface area contributed by atoms with Gasteiger partial charge in [0.15, 0.2) is 0 Å². The molecule has 1 N–H and O–H groups in total. The fourth-order valence-electron chi connectivity index (χ4n) is 3.09. The molecule has 5 heteroatoms. The lowest BCUT2D eigenvalue weighted by atomic mass is 9.86. The third kappa shape index (κ3) is 4.04. The van der Waals surface area contributed by atoms with Crippen LogP contribution in [0, 0.1) is 0 Å². The Kier molecular flexibility index (Phi) is 5.76. The summed E-state index contributed by atoms with van der Waals surface area (Å²) in [5.41, 5.74) is -0.0961. The molecule has 5 nitrogen and oxygen atoms in total. The molecule has 2 heterocycles. The van der Waals surface area contributed by atoms with Gasteiger partial charge in [-0.05, 0) is 53.0 Å². The number of aromatic nitrogens is 3. The second kappa shape index (κ2) is 7.36. The highest BCUT2D eigenvalue weighted by Crippen LogP contribution is 2.29. The van der Waals surface area contributed by atoms with E-state index < -0.39 is 0 Å². The van der Waals surface area contributed by atoms with Gasteiger partial charge in [0.2, 0.25) is 0 Å². The van der Waals surface area contributed by atoms with Crippen LogP contribution in [0.2, 0.25) is 0 Å². The molecule has 0 aromatic carbocycles. The average Bonchev–Trinajstić information content (AvgIpc) is 2.92. The summed E-state index contributed by atoms with van der Waals surface area (Å²) in [6.07, 6.45) is 7.20. The summed E-state index contributed by atoms with van der Waals surface area (Å²) in [6, 6.07) is 0.633. The molecule has 0 bridgehead atoms. The van der Waals surface area contributed by atoms with Crippen LogP contribution in [0.3, 0.4) is 0 Å². The predicted molar refractivity (Wildman–Crippen MR) is 84.4 cm³/mol. The van der Waals surface area contributed by atoms with Gasteiger partial charge in [-0.3, -0.25) is 0 Å². The maximum Gasteiger partial charge on any atom is 0.138 e. The Balaban J connectivity index is 2.13. The van der Waals surface area contributed by atoms with Crippen LogP contribution in [0.5, 0.6) is 0 Å². The molecule has 1 fully saturated rings. The molecule has 0 spiro atoms. The number of rotatable bonds is 7. The number of ether oxygens (including phenoxy) is 1. The van der Waals surface area contributed by atoms with E-state index in [2.05, 4.69) is 43.1 Å². The molecule has 1 aliphatic rings. The summed E-state index contributed by atoms with van der Waals surface area (Å²) in [7, 11) is 0. The lowest BCUT2D eigenvalue weighted by Crippen LogP contribution is -2.53. The molecule has 1 saturated heterocycles. The van der Waals surface area contributed by atoms with E-state index in [9.17, 15) is 0 Å². The minimum absolute atomic E-state index is 0.0961. The predicted octanol–water partition coefficient (Wildman–Crippen LogP) is 2.73. The molecule has 0 radical (unpaired) electrons. The first-order valence-electron chi connectivity index (χ1n) is 8.32. The first kappa shape index (κ1) is 16.4. The van der Waals surface area contributed by atoms with Gasteiger partial charge in [0.05, 0.1) is 5.60 Å². The second-order valence-electron chi connectivity index (χ2n) is 6.54. The zero-order valence-electron chi connectivity index (χ0n) is 13.9. The van der Waals surface area contributed by atoms with Crippen molar-refractivity contribution in [3.63, 3.8) is 0 Å². The molecule has 21 heavy (non-hydrogen) atoms. The van der Waals surface area contributed by atoms with Crippen molar-refractivity contribution in [1.82, 2.24) is 20.1 Å². The van der Waals surface area contributed by atoms with Gasteiger partial charge in [0.1, 0.15) is 12.2 Å². The summed E-state index contributed by atoms with van der Waals surface area (Å²) in [6.45, 7) is 10.6. The van der Waals surface area contributed by atoms with Crippen LogP contribution in [-0.2, 0) is 11.2 Å². The van der Waals surface area contributed by atoms with Gasteiger partial charge < -0.3 is 10.1 Å². The first-order valence-corrected chi connectivity index (χ1v) is 8.32. The molecule has 120 valence electrons. The zero-order chi connectivity index (χ0) is 15.3. The van der Waals surface area contributed by atoms with Crippen LogP contribution in [0.4, 0.5) is 0 Å². The smallest absolute Gasteiger partial charge is 0.138 e. The van der Waals surface area contributed by atoms with Crippen LogP contribution in [0.15, 0.2) is 6.33 Å². The number of hydrogen-bond acceptors (Lipinski definition) is 4. The Hall–Kier alpha value is -0.940. The lowest BCUT2D eigenvalue weighted by molar-refractivity contribution is -0.0888. The highest BCUT2D eigenvalue weighted by molar-refractivity contribution is 5.00. The van der Waals surface area contributed by atoms with Crippen molar-refractivity contribution in [1.29, 1.82) is 0 Å². The molecule has 1 aromatic rings. The molecular weight excluding hydrogens is 264 g/mol. The molecule has 1 aromatic heterocycles. The van der Waals surface area contributed by atoms with Crippen molar-refractivity contribution in [3.05, 3.63) is 12.2 Å². The molecule has 1 aliphatic heterocycles. The summed E-state index contributed by atoms with van der Waals surface area (Å²) in [4.78, 5) is 4.47. The third-order valence-electron chi connectivity index (χ3n) is 4.40. The fourth-order valence-corrected chi connectivity index (χ4v) is 3.09. The Morgan fingerprint density at radius 2 is 2.24 bits per heavy atom. The summed E-state index contributed by atoms with van der Waals surface area (Å²) < 4.78 is 8.17. The summed E-state index contributed by atoms with van der Waals surface area (Å²) >= 11 is 0. The number of hydrogen-bond donors (Lipinski definition) is 1. The van der Waals surface area contributed by atoms with E-state index in [4.69, 9.17) is 4.74 Å². The van der Waals surface area contributed by atoms with Gasteiger partial charge in [-0.1, -0.05) is 6.92 Å². The van der Waals surface area contributed by atoms with Gasteiger partial charge in [-0.25, -0.2) is 9.67 Å². The van der Waals surface area contributed by atoms with E-state index in [1.165, 1.54) is 12.8 Å². The van der Waals surface area contributed by atoms with Crippen molar-refractivity contribution in [3.8, 4) is 0 Å². The minimum Gasteiger partial charge on any atom is -0.374 e. The van der Waals surface area contributed by atoms with Crippen molar-refractivity contribution < 1.29 is 4.74 Å². The maximum atomic E-state index is 6.15. The summed E-state index contributed by atoms with van der Waals surface area (Å²) in [5, 5.41) is 8.03. The maximum absolute atomic E-state index is 6.15. The van der Waals surface area contributed by atoms with Gasteiger partial charge in [-0.15, -0.1) is 0 Å². The Bertz CT molecular complexity index is 424. The van der Waals surface area contributed by atoms with Crippen LogP contribution in [0.1, 0.15) is 65.2 Å². The second-order valence-corrected chi connectivity index (χ2v) is 6.54. The van der Waals surface area contributed by atoms with Crippen LogP contribution in [0.25, 0.3) is 0 Å². The molecular formula is C16H30N4O. The Morgan fingerprint density at radius 1 is 1.43 bits per heavy atom. The minimum atomic E-state index is -0.0961. The summed E-state index contributed by atoms with van der Waals surface area (Å²) in [5.74, 6) is 1.05. The molecule has 2 rings (SSSR count). The quantitative estimate of drug-likeness (QED) is 0.840. The number of nitrogens with one attached hydrogen (secondary N) is 1. The van der Waals surface area contributed by atoms with Gasteiger partial charge in [0.25, 0.3) is 0 Å². The van der Waals surface area contributed by atoms with E-state index in [1.54, 1.807) is 6.33 Å². The molecule has 0 aliphatic carbocycles. The highest BCUT2D eigenvalue weighted by atomic mass is 16.5. The molecule has 0 saturated carbocycles. The van der Waals surface area contributed by atoms with Gasteiger partial charge in [0, 0.05) is 25.1 Å². The van der Waals surface area contributed by atoms with Gasteiger partial charge >= 0.3 is 0 Å². The number of nitrogens with zero attached hydrogens (tertiary/aromatic N) is 3. The monoisotopic (exact) mass is 294 g/mol. The zero-order valence-corrected chi connectivity index (χ0v) is 13.9.